The molecule has 1 aliphatic rings. The van der Waals surface area contributed by atoms with Gasteiger partial charge in [-0.3, -0.25) is 0 Å². The fraction of sp³-hybridized carbons (Fsp3) is 0.474. The van der Waals surface area contributed by atoms with Gasteiger partial charge in [0.05, 0.1) is 12.4 Å². The Morgan fingerprint density at radius 2 is 2.24 bits per heavy atom. The SMILES string of the molecule is C[C@H](NC(=O)N1CCC[C@H](N(C)C)C1)c1cccc(-n2ccnc2)c1. The molecule has 2 heterocycles. The molecule has 1 saturated heterocycles. The predicted molar refractivity (Wildman–Crippen MR) is 98.8 cm³/mol. The Morgan fingerprint density at radius 1 is 1.40 bits per heavy atom. The van der Waals surface area contributed by atoms with Crippen molar-refractivity contribution < 1.29 is 4.79 Å². The molecule has 1 aliphatic heterocycles. The standard InChI is InChI=1S/C19H27N5O/c1-15(16-6-4-7-17(12-16)24-11-9-20-14-24)21-19(25)23-10-5-8-18(13-23)22(2)3/h4,6-7,9,11-12,14-15,18H,5,8,10,13H2,1-3H3,(H,21,25)/t15-,18-/m0/s1. The molecular formula is C19H27N5O. The van der Waals surface area contributed by atoms with E-state index in [-0.39, 0.29) is 12.1 Å². The number of hydrogen-bond acceptors (Lipinski definition) is 3. The molecule has 1 N–H and O–H groups in total. The Kier molecular flexibility index (Phi) is 5.38. The van der Waals surface area contributed by atoms with E-state index in [4.69, 9.17) is 0 Å². The van der Waals surface area contributed by atoms with Gasteiger partial charge in [-0.2, -0.15) is 0 Å². The molecule has 2 atom stereocenters. The van der Waals surface area contributed by atoms with Gasteiger partial charge in [0.2, 0.25) is 0 Å². The molecule has 134 valence electrons. The highest BCUT2D eigenvalue weighted by Crippen LogP contribution is 2.19. The molecule has 0 saturated carbocycles. The summed E-state index contributed by atoms with van der Waals surface area (Å²) in [7, 11) is 4.16. The highest BCUT2D eigenvalue weighted by atomic mass is 16.2. The molecule has 3 rings (SSSR count). The fourth-order valence-corrected chi connectivity index (χ4v) is 3.29. The molecule has 1 aromatic carbocycles. The molecule has 0 aliphatic carbocycles. The van der Waals surface area contributed by atoms with Crippen LogP contribution in [0.5, 0.6) is 0 Å². The first-order chi connectivity index (χ1) is 12.0. The minimum absolute atomic E-state index is 0.0204. The second-order valence-electron chi connectivity index (χ2n) is 6.94. The third kappa shape index (κ3) is 4.20. The van der Waals surface area contributed by atoms with Gasteiger partial charge in [-0.15, -0.1) is 0 Å². The van der Waals surface area contributed by atoms with E-state index in [0.717, 1.165) is 37.2 Å². The first-order valence-electron chi connectivity index (χ1n) is 8.85. The molecule has 0 spiro atoms. The Morgan fingerprint density at radius 3 is 2.96 bits per heavy atom. The number of likely N-dealkylation sites (N-methyl/N-ethyl adjacent to an activating group) is 1. The second kappa shape index (κ2) is 7.70. The molecule has 2 aromatic rings. The van der Waals surface area contributed by atoms with Gasteiger partial charge in [0.1, 0.15) is 0 Å². The number of hydrogen-bond donors (Lipinski definition) is 1. The quantitative estimate of drug-likeness (QED) is 0.930. The lowest BCUT2D eigenvalue weighted by atomic mass is 10.0. The van der Waals surface area contributed by atoms with Gasteiger partial charge in [-0.1, -0.05) is 12.1 Å². The summed E-state index contributed by atoms with van der Waals surface area (Å²) in [5, 5.41) is 3.14. The molecule has 1 fully saturated rings. The number of nitrogens with one attached hydrogen (secondary N) is 1. The number of benzene rings is 1. The van der Waals surface area contributed by atoms with Crippen LogP contribution in [0, 0.1) is 0 Å². The normalized spacial score (nSPS) is 19.0. The number of likely N-dealkylation sites (tertiary alicyclic amines) is 1. The van der Waals surface area contributed by atoms with Crippen LogP contribution in [-0.4, -0.2) is 58.6 Å². The number of amides is 2. The number of carbonyl (C=O) groups excluding carboxylic acids is 1. The van der Waals surface area contributed by atoms with Gasteiger partial charge in [-0.25, -0.2) is 9.78 Å². The van der Waals surface area contributed by atoms with Crippen molar-refractivity contribution in [2.75, 3.05) is 27.2 Å². The highest BCUT2D eigenvalue weighted by molar-refractivity contribution is 5.75. The maximum absolute atomic E-state index is 12.6. The average Bonchev–Trinajstić information content (AvgIpc) is 3.16. The lowest BCUT2D eigenvalue weighted by Gasteiger charge is -2.36. The Hall–Kier alpha value is -2.34. The largest absolute Gasteiger partial charge is 0.331 e. The van der Waals surface area contributed by atoms with Crippen LogP contribution in [0.15, 0.2) is 43.0 Å². The number of rotatable bonds is 4. The minimum atomic E-state index is -0.0456. The van der Waals surface area contributed by atoms with Crippen LogP contribution >= 0.6 is 0 Å². The zero-order valence-electron chi connectivity index (χ0n) is 15.2. The van der Waals surface area contributed by atoms with Gasteiger partial charge in [0, 0.05) is 37.2 Å². The molecule has 6 nitrogen and oxygen atoms in total. The van der Waals surface area contributed by atoms with Gasteiger partial charge >= 0.3 is 6.03 Å². The van der Waals surface area contributed by atoms with Crippen LogP contribution < -0.4 is 5.32 Å². The van der Waals surface area contributed by atoms with Gasteiger partial charge in [0.15, 0.2) is 0 Å². The van der Waals surface area contributed by atoms with E-state index in [0.29, 0.717) is 6.04 Å². The van der Waals surface area contributed by atoms with E-state index in [9.17, 15) is 4.79 Å². The number of piperidine rings is 1. The van der Waals surface area contributed by atoms with Crippen molar-refractivity contribution in [1.29, 1.82) is 0 Å². The summed E-state index contributed by atoms with van der Waals surface area (Å²) in [4.78, 5) is 20.9. The van der Waals surface area contributed by atoms with Crippen molar-refractivity contribution in [3.05, 3.63) is 48.5 Å². The molecular weight excluding hydrogens is 314 g/mol. The Labute approximate surface area is 149 Å². The summed E-state index contributed by atoms with van der Waals surface area (Å²) in [5.41, 5.74) is 2.13. The number of imidazole rings is 1. The third-order valence-corrected chi connectivity index (χ3v) is 4.93. The molecule has 1 aromatic heterocycles. The van der Waals surface area contributed by atoms with E-state index in [1.165, 1.54) is 0 Å². The van der Waals surface area contributed by atoms with Crippen LogP contribution in [0.2, 0.25) is 0 Å². The van der Waals surface area contributed by atoms with Gasteiger partial charge in [0.25, 0.3) is 0 Å². The summed E-state index contributed by atoms with van der Waals surface area (Å²) >= 11 is 0. The predicted octanol–water partition coefficient (Wildman–Crippen LogP) is 2.67. The number of nitrogens with zero attached hydrogens (tertiary/aromatic N) is 4. The van der Waals surface area contributed by atoms with Crippen molar-refractivity contribution >= 4 is 6.03 Å². The third-order valence-electron chi connectivity index (χ3n) is 4.93. The summed E-state index contributed by atoms with van der Waals surface area (Å²) < 4.78 is 1.96. The van der Waals surface area contributed by atoms with Crippen molar-refractivity contribution in [3.8, 4) is 5.69 Å². The van der Waals surface area contributed by atoms with Crippen LogP contribution in [-0.2, 0) is 0 Å². The summed E-state index contributed by atoms with van der Waals surface area (Å²) in [5.74, 6) is 0. The zero-order valence-corrected chi connectivity index (χ0v) is 15.2. The van der Waals surface area contributed by atoms with Crippen LogP contribution in [0.1, 0.15) is 31.4 Å². The van der Waals surface area contributed by atoms with E-state index >= 15 is 0 Å². The summed E-state index contributed by atoms with van der Waals surface area (Å²) in [6.45, 7) is 3.65. The van der Waals surface area contributed by atoms with E-state index < -0.39 is 0 Å². The van der Waals surface area contributed by atoms with E-state index in [1.807, 2.05) is 40.8 Å². The number of urea groups is 1. The molecule has 0 bridgehead atoms. The number of carbonyl (C=O) groups is 1. The highest BCUT2D eigenvalue weighted by Gasteiger charge is 2.25. The van der Waals surface area contributed by atoms with E-state index in [1.54, 1.807) is 12.5 Å². The first-order valence-corrected chi connectivity index (χ1v) is 8.85. The maximum atomic E-state index is 12.6. The van der Waals surface area contributed by atoms with Crippen molar-refractivity contribution in [3.63, 3.8) is 0 Å². The zero-order chi connectivity index (χ0) is 17.8. The average molecular weight is 341 g/mol. The monoisotopic (exact) mass is 341 g/mol. The van der Waals surface area contributed by atoms with Crippen molar-refractivity contribution in [2.45, 2.75) is 31.8 Å². The topological polar surface area (TPSA) is 53.4 Å². The first kappa shape index (κ1) is 17.5. The smallest absolute Gasteiger partial charge is 0.317 e. The van der Waals surface area contributed by atoms with Crippen molar-refractivity contribution in [2.24, 2.45) is 0 Å². The summed E-state index contributed by atoms with van der Waals surface area (Å²) in [6, 6.07) is 8.60. The van der Waals surface area contributed by atoms with Gasteiger partial charge in [-0.05, 0) is 51.6 Å². The van der Waals surface area contributed by atoms with Crippen LogP contribution in [0.3, 0.4) is 0 Å². The van der Waals surface area contributed by atoms with Crippen molar-refractivity contribution in [1.82, 2.24) is 24.7 Å². The van der Waals surface area contributed by atoms with Crippen LogP contribution in [0.4, 0.5) is 4.79 Å². The summed E-state index contributed by atoms with van der Waals surface area (Å²) in [6.07, 6.45) is 7.66. The Balaban J connectivity index is 1.64. The maximum Gasteiger partial charge on any atom is 0.317 e. The minimum Gasteiger partial charge on any atom is -0.331 e. The molecule has 0 unspecified atom stereocenters. The number of aromatic nitrogens is 2. The van der Waals surface area contributed by atoms with Gasteiger partial charge < -0.3 is 19.7 Å². The molecule has 6 heteroatoms. The van der Waals surface area contributed by atoms with E-state index in [2.05, 4.69) is 35.4 Å². The lowest BCUT2D eigenvalue weighted by Crippen LogP contribution is -2.51. The molecule has 2 amide bonds. The molecule has 25 heavy (non-hydrogen) atoms. The second-order valence-corrected chi connectivity index (χ2v) is 6.94. The van der Waals surface area contributed by atoms with Crippen LogP contribution in [0.25, 0.3) is 5.69 Å². The lowest BCUT2D eigenvalue weighted by molar-refractivity contribution is 0.138. The molecule has 0 radical (unpaired) electrons. The Bertz CT molecular complexity index is 698. The fourth-order valence-electron chi connectivity index (χ4n) is 3.29.